The molecule has 0 aromatic heterocycles. The van der Waals surface area contributed by atoms with Gasteiger partial charge in [-0.15, -0.1) is 0 Å². The van der Waals surface area contributed by atoms with Crippen molar-refractivity contribution in [3.8, 4) is 0 Å². The Morgan fingerprint density at radius 3 is 2.45 bits per heavy atom. The van der Waals surface area contributed by atoms with Crippen LogP contribution in [0.1, 0.15) is 24.0 Å². The van der Waals surface area contributed by atoms with Crippen molar-refractivity contribution in [3.05, 3.63) is 69.5 Å². The lowest BCUT2D eigenvalue weighted by atomic mass is 9.96. The Kier molecular flexibility index (Phi) is 7.51. The summed E-state index contributed by atoms with van der Waals surface area (Å²) in [7, 11) is 0. The molecule has 0 radical (unpaired) electrons. The molecule has 1 fully saturated rings. The van der Waals surface area contributed by atoms with Crippen molar-refractivity contribution in [2.75, 3.05) is 19.6 Å². The number of halogens is 3. The van der Waals surface area contributed by atoms with E-state index in [1.54, 1.807) is 23.1 Å². The SMILES string of the molecule is O=C(NCCc1cc(Cl)cc(Cl)c1)C1CCCN(C(=O)Cc2ccc(F)cc2)C1. The summed E-state index contributed by atoms with van der Waals surface area (Å²) in [6, 6.07) is 11.3. The Morgan fingerprint density at radius 2 is 1.76 bits per heavy atom. The molecular formula is C22H23Cl2FN2O2. The zero-order valence-electron chi connectivity index (χ0n) is 16.0. The van der Waals surface area contributed by atoms with Gasteiger partial charge in [0.05, 0.1) is 12.3 Å². The predicted molar refractivity (Wildman–Crippen MR) is 113 cm³/mol. The van der Waals surface area contributed by atoms with Crippen LogP contribution in [0.5, 0.6) is 0 Å². The summed E-state index contributed by atoms with van der Waals surface area (Å²) in [4.78, 5) is 26.8. The van der Waals surface area contributed by atoms with Crippen LogP contribution < -0.4 is 5.32 Å². The molecular weight excluding hydrogens is 414 g/mol. The Hall–Kier alpha value is -2.11. The molecule has 1 aliphatic rings. The number of nitrogens with zero attached hydrogens (tertiary/aromatic N) is 1. The van der Waals surface area contributed by atoms with Gasteiger partial charge in [0.15, 0.2) is 0 Å². The topological polar surface area (TPSA) is 49.4 Å². The summed E-state index contributed by atoms with van der Waals surface area (Å²) >= 11 is 12.0. The number of carbonyl (C=O) groups is 2. The first-order chi connectivity index (χ1) is 13.9. The molecule has 1 unspecified atom stereocenters. The van der Waals surface area contributed by atoms with Crippen molar-refractivity contribution in [2.24, 2.45) is 5.92 Å². The molecule has 0 saturated carbocycles. The molecule has 1 aliphatic heterocycles. The average Bonchev–Trinajstić information content (AvgIpc) is 2.69. The van der Waals surface area contributed by atoms with Crippen LogP contribution in [0.15, 0.2) is 42.5 Å². The van der Waals surface area contributed by atoms with Gasteiger partial charge in [-0.3, -0.25) is 9.59 Å². The van der Waals surface area contributed by atoms with Gasteiger partial charge in [0.1, 0.15) is 5.82 Å². The lowest BCUT2D eigenvalue weighted by Crippen LogP contribution is -2.46. The lowest BCUT2D eigenvalue weighted by Gasteiger charge is -2.32. The van der Waals surface area contributed by atoms with Gasteiger partial charge in [-0.2, -0.15) is 0 Å². The number of hydrogen-bond donors (Lipinski definition) is 1. The van der Waals surface area contributed by atoms with E-state index >= 15 is 0 Å². The molecule has 2 aromatic rings. The molecule has 2 amide bonds. The standard InChI is InChI=1S/C22H23Cl2FN2O2/c23-18-10-16(11-19(24)13-18)7-8-26-22(29)17-2-1-9-27(14-17)21(28)12-15-3-5-20(25)6-4-15/h3-6,10-11,13,17H,1-2,7-9,12,14H2,(H,26,29). The highest BCUT2D eigenvalue weighted by atomic mass is 35.5. The molecule has 0 bridgehead atoms. The van der Waals surface area contributed by atoms with Crippen LogP contribution in [0.3, 0.4) is 0 Å². The lowest BCUT2D eigenvalue weighted by molar-refractivity contribution is -0.135. The molecule has 29 heavy (non-hydrogen) atoms. The van der Waals surface area contributed by atoms with Crippen molar-refractivity contribution < 1.29 is 14.0 Å². The number of amides is 2. The van der Waals surface area contributed by atoms with Crippen LogP contribution in [0.2, 0.25) is 10.0 Å². The first kappa shape index (κ1) is 21.6. The molecule has 1 heterocycles. The smallest absolute Gasteiger partial charge is 0.227 e. The van der Waals surface area contributed by atoms with Crippen molar-refractivity contribution in [3.63, 3.8) is 0 Å². The van der Waals surface area contributed by atoms with E-state index in [1.807, 2.05) is 12.1 Å². The van der Waals surface area contributed by atoms with Crippen LogP contribution >= 0.6 is 23.2 Å². The number of nitrogens with one attached hydrogen (secondary N) is 1. The summed E-state index contributed by atoms with van der Waals surface area (Å²) < 4.78 is 13.0. The third-order valence-corrected chi connectivity index (χ3v) is 5.49. The first-order valence-corrected chi connectivity index (χ1v) is 10.4. The number of carbonyl (C=O) groups excluding carboxylic acids is 2. The zero-order chi connectivity index (χ0) is 20.8. The van der Waals surface area contributed by atoms with Crippen LogP contribution in [0.4, 0.5) is 4.39 Å². The van der Waals surface area contributed by atoms with Crippen LogP contribution in [-0.2, 0) is 22.4 Å². The van der Waals surface area contributed by atoms with E-state index in [2.05, 4.69) is 5.32 Å². The Bertz CT molecular complexity index is 853. The summed E-state index contributed by atoms with van der Waals surface area (Å²) in [5, 5.41) is 4.09. The third-order valence-electron chi connectivity index (χ3n) is 5.05. The van der Waals surface area contributed by atoms with Crippen molar-refractivity contribution in [1.29, 1.82) is 0 Å². The summed E-state index contributed by atoms with van der Waals surface area (Å²) in [5.41, 5.74) is 1.73. The van der Waals surface area contributed by atoms with E-state index in [-0.39, 0.29) is 30.0 Å². The Labute approximate surface area is 180 Å². The van der Waals surface area contributed by atoms with Gasteiger partial charge in [-0.05, 0) is 60.7 Å². The number of piperidine rings is 1. The number of likely N-dealkylation sites (tertiary alicyclic amines) is 1. The van der Waals surface area contributed by atoms with Crippen molar-refractivity contribution in [2.45, 2.75) is 25.7 Å². The van der Waals surface area contributed by atoms with Crippen molar-refractivity contribution in [1.82, 2.24) is 10.2 Å². The number of benzene rings is 2. The molecule has 1 N–H and O–H groups in total. The van der Waals surface area contributed by atoms with Crippen molar-refractivity contribution >= 4 is 35.0 Å². The third kappa shape index (κ3) is 6.44. The minimum atomic E-state index is -0.323. The number of hydrogen-bond acceptors (Lipinski definition) is 2. The minimum absolute atomic E-state index is 0.0392. The maximum atomic E-state index is 13.0. The largest absolute Gasteiger partial charge is 0.355 e. The second kappa shape index (κ2) is 10.1. The van der Waals surface area contributed by atoms with E-state index in [9.17, 15) is 14.0 Å². The molecule has 1 saturated heterocycles. The highest BCUT2D eigenvalue weighted by Gasteiger charge is 2.28. The molecule has 7 heteroatoms. The normalized spacial score (nSPS) is 16.5. The molecule has 3 rings (SSSR count). The molecule has 4 nitrogen and oxygen atoms in total. The van der Waals surface area contributed by atoms with E-state index in [4.69, 9.17) is 23.2 Å². The number of rotatable bonds is 6. The van der Waals surface area contributed by atoms with Gasteiger partial charge in [0.2, 0.25) is 11.8 Å². The predicted octanol–water partition coefficient (Wildman–Crippen LogP) is 4.27. The second-order valence-electron chi connectivity index (χ2n) is 7.30. The van der Waals surface area contributed by atoms with E-state index < -0.39 is 0 Å². The average molecular weight is 437 g/mol. The molecule has 2 aromatic carbocycles. The molecule has 0 spiro atoms. The molecule has 0 aliphatic carbocycles. The van der Waals surface area contributed by atoms with E-state index in [1.165, 1.54) is 12.1 Å². The van der Waals surface area contributed by atoms with Crippen LogP contribution in [-0.4, -0.2) is 36.3 Å². The fourth-order valence-electron chi connectivity index (χ4n) is 3.54. The maximum absolute atomic E-state index is 13.0. The summed E-state index contributed by atoms with van der Waals surface area (Å²) in [5.74, 6) is -0.625. The molecule has 154 valence electrons. The zero-order valence-corrected chi connectivity index (χ0v) is 17.5. The van der Waals surface area contributed by atoms with Gasteiger partial charge in [0, 0.05) is 29.7 Å². The molecule has 1 atom stereocenters. The van der Waals surface area contributed by atoms with Crippen LogP contribution in [0.25, 0.3) is 0 Å². The highest BCUT2D eigenvalue weighted by molar-refractivity contribution is 6.34. The monoisotopic (exact) mass is 436 g/mol. The quantitative estimate of drug-likeness (QED) is 0.734. The van der Waals surface area contributed by atoms with Crippen LogP contribution in [0, 0.1) is 11.7 Å². The van der Waals surface area contributed by atoms with Gasteiger partial charge >= 0.3 is 0 Å². The van der Waals surface area contributed by atoms with Gasteiger partial charge < -0.3 is 10.2 Å². The summed E-state index contributed by atoms with van der Waals surface area (Å²) in [6.07, 6.45) is 2.39. The van der Waals surface area contributed by atoms with Gasteiger partial charge in [-0.1, -0.05) is 35.3 Å². The maximum Gasteiger partial charge on any atom is 0.227 e. The van der Waals surface area contributed by atoms with E-state index in [0.29, 0.717) is 36.1 Å². The second-order valence-corrected chi connectivity index (χ2v) is 8.17. The van der Waals surface area contributed by atoms with Gasteiger partial charge in [0.25, 0.3) is 0 Å². The Balaban J connectivity index is 1.48. The minimum Gasteiger partial charge on any atom is -0.355 e. The fraction of sp³-hybridized carbons (Fsp3) is 0.364. The Morgan fingerprint density at radius 1 is 1.07 bits per heavy atom. The first-order valence-electron chi connectivity index (χ1n) is 9.65. The van der Waals surface area contributed by atoms with Gasteiger partial charge in [-0.25, -0.2) is 4.39 Å². The highest BCUT2D eigenvalue weighted by Crippen LogP contribution is 2.20. The summed E-state index contributed by atoms with van der Waals surface area (Å²) in [6.45, 7) is 1.54. The van der Waals surface area contributed by atoms with E-state index in [0.717, 1.165) is 24.0 Å². The fourth-order valence-corrected chi connectivity index (χ4v) is 4.11.